The standard InChI is InChI=1S/C14H19N5O/c1-10(11(2)15)14(20)17-7-12-3-5-13(6-4-12)19-9-16-8-18-19/h3-6,8-11H,7,15H2,1-2H3,(H,17,20). The monoisotopic (exact) mass is 273 g/mol. The molecule has 0 saturated carbocycles. The van der Waals surface area contributed by atoms with Crippen LogP contribution >= 0.6 is 0 Å². The highest BCUT2D eigenvalue weighted by Gasteiger charge is 2.16. The fourth-order valence-electron chi connectivity index (χ4n) is 1.70. The van der Waals surface area contributed by atoms with Gasteiger partial charge in [-0.1, -0.05) is 19.1 Å². The number of aromatic nitrogens is 3. The van der Waals surface area contributed by atoms with Crippen LogP contribution in [0.15, 0.2) is 36.9 Å². The zero-order valence-corrected chi connectivity index (χ0v) is 11.7. The summed E-state index contributed by atoms with van der Waals surface area (Å²) in [6.45, 7) is 4.15. The van der Waals surface area contributed by atoms with Crippen molar-refractivity contribution >= 4 is 5.91 Å². The van der Waals surface area contributed by atoms with Crippen molar-refractivity contribution in [1.82, 2.24) is 20.1 Å². The van der Waals surface area contributed by atoms with E-state index in [-0.39, 0.29) is 17.9 Å². The minimum Gasteiger partial charge on any atom is -0.352 e. The molecule has 1 heterocycles. The molecule has 6 nitrogen and oxygen atoms in total. The number of hydrogen-bond donors (Lipinski definition) is 2. The molecular formula is C14H19N5O. The third-order valence-electron chi connectivity index (χ3n) is 3.29. The lowest BCUT2D eigenvalue weighted by Crippen LogP contribution is -2.38. The summed E-state index contributed by atoms with van der Waals surface area (Å²) in [4.78, 5) is 15.7. The van der Waals surface area contributed by atoms with Crippen LogP contribution in [-0.4, -0.2) is 26.7 Å². The summed E-state index contributed by atoms with van der Waals surface area (Å²) >= 11 is 0. The maximum Gasteiger partial charge on any atom is 0.224 e. The molecule has 0 aliphatic carbocycles. The lowest BCUT2D eigenvalue weighted by Gasteiger charge is -2.15. The van der Waals surface area contributed by atoms with Crippen molar-refractivity contribution in [2.24, 2.45) is 11.7 Å². The summed E-state index contributed by atoms with van der Waals surface area (Å²) in [7, 11) is 0. The molecule has 0 aliphatic heterocycles. The van der Waals surface area contributed by atoms with Crippen LogP contribution in [-0.2, 0) is 11.3 Å². The third kappa shape index (κ3) is 3.42. The van der Waals surface area contributed by atoms with Crippen molar-refractivity contribution in [3.8, 4) is 5.69 Å². The van der Waals surface area contributed by atoms with E-state index in [9.17, 15) is 4.79 Å². The fourth-order valence-corrected chi connectivity index (χ4v) is 1.70. The smallest absolute Gasteiger partial charge is 0.224 e. The number of hydrogen-bond acceptors (Lipinski definition) is 4. The highest BCUT2D eigenvalue weighted by atomic mass is 16.1. The lowest BCUT2D eigenvalue weighted by molar-refractivity contribution is -0.125. The summed E-state index contributed by atoms with van der Waals surface area (Å²) in [5, 5.41) is 6.94. The van der Waals surface area contributed by atoms with E-state index in [2.05, 4.69) is 15.4 Å². The zero-order valence-electron chi connectivity index (χ0n) is 11.7. The summed E-state index contributed by atoms with van der Waals surface area (Å²) in [5.41, 5.74) is 7.66. The van der Waals surface area contributed by atoms with Crippen molar-refractivity contribution in [3.63, 3.8) is 0 Å². The highest BCUT2D eigenvalue weighted by molar-refractivity contribution is 5.78. The van der Waals surface area contributed by atoms with E-state index in [1.807, 2.05) is 38.1 Å². The predicted molar refractivity (Wildman–Crippen MR) is 76.0 cm³/mol. The Labute approximate surface area is 118 Å². The van der Waals surface area contributed by atoms with Crippen LogP contribution in [0.2, 0.25) is 0 Å². The Balaban J connectivity index is 1.93. The number of amides is 1. The number of carbonyl (C=O) groups is 1. The molecule has 6 heteroatoms. The van der Waals surface area contributed by atoms with Gasteiger partial charge in [-0.2, -0.15) is 5.10 Å². The second kappa shape index (κ2) is 6.29. The van der Waals surface area contributed by atoms with Gasteiger partial charge in [-0.3, -0.25) is 4.79 Å². The van der Waals surface area contributed by atoms with Crippen LogP contribution in [0.25, 0.3) is 5.69 Å². The molecule has 20 heavy (non-hydrogen) atoms. The summed E-state index contributed by atoms with van der Waals surface area (Å²) in [5.74, 6) is -0.218. The largest absolute Gasteiger partial charge is 0.352 e. The molecule has 2 unspecified atom stereocenters. The highest BCUT2D eigenvalue weighted by Crippen LogP contribution is 2.08. The summed E-state index contributed by atoms with van der Waals surface area (Å²) < 4.78 is 1.68. The lowest BCUT2D eigenvalue weighted by atomic mass is 10.0. The van der Waals surface area contributed by atoms with Crippen molar-refractivity contribution in [2.75, 3.05) is 0 Å². The van der Waals surface area contributed by atoms with Gasteiger partial charge in [0, 0.05) is 18.5 Å². The molecule has 0 fully saturated rings. The second-order valence-corrected chi connectivity index (χ2v) is 4.87. The van der Waals surface area contributed by atoms with E-state index in [0.29, 0.717) is 6.54 Å². The van der Waals surface area contributed by atoms with E-state index in [4.69, 9.17) is 5.73 Å². The van der Waals surface area contributed by atoms with E-state index in [1.165, 1.54) is 6.33 Å². The molecule has 2 rings (SSSR count). The van der Waals surface area contributed by atoms with Crippen molar-refractivity contribution < 1.29 is 4.79 Å². The first-order valence-electron chi connectivity index (χ1n) is 6.55. The van der Waals surface area contributed by atoms with Crippen LogP contribution in [0.3, 0.4) is 0 Å². The summed E-state index contributed by atoms with van der Waals surface area (Å²) in [6.07, 6.45) is 3.13. The van der Waals surface area contributed by atoms with Gasteiger partial charge in [-0.25, -0.2) is 9.67 Å². The molecule has 1 amide bonds. The minimum absolute atomic E-state index is 0.0275. The molecule has 1 aromatic heterocycles. The molecule has 1 aromatic carbocycles. The minimum atomic E-state index is -0.190. The van der Waals surface area contributed by atoms with E-state index < -0.39 is 0 Å². The Morgan fingerprint density at radius 2 is 2.05 bits per heavy atom. The SMILES string of the molecule is CC(N)C(C)C(=O)NCc1ccc(-n2cncn2)cc1. The molecule has 0 aliphatic rings. The normalized spacial score (nSPS) is 13.8. The Morgan fingerprint density at radius 3 is 2.60 bits per heavy atom. The van der Waals surface area contributed by atoms with Crippen LogP contribution in [0.5, 0.6) is 0 Å². The van der Waals surface area contributed by atoms with Crippen LogP contribution < -0.4 is 11.1 Å². The van der Waals surface area contributed by atoms with Gasteiger partial charge >= 0.3 is 0 Å². The Morgan fingerprint density at radius 1 is 1.35 bits per heavy atom. The predicted octanol–water partition coefficient (Wildman–Crippen LogP) is 0.867. The van der Waals surface area contributed by atoms with Crippen molar-refractivity contribution in [2.45, 2.75) is 26.4 Å². The van der Waals surface area contributed by atoms with E-state index >= 15 is 0 Å². The molecule has 106 valence electrons. The maximum atomic E-state index is 11.8. The van der Waals surface area contributed by atoms with Crippen LogP contribution in [0.4, 0.5) is 0 Å². The molecule has 0 spiro atoms. The molecule has 2 atom stereocenters. The average Bonchev–Trinajstić information content (AvgIpc) is 2.98. The van der Waals surface area contributed by atoms with E-state index in [0.717, 1.165) is 11.3 Å². The van der Waals surface area contributed by atoms with Crippen LogP contribution in [0, 0.1) is 5.92 Å². The van der Waals surface area contributed by atoms with Crippen molar-refractivity contribution in [3.05, 3.63) is 42.5 Å². The Hall–Kier alpha value is -2.21. The number of nitrogens with two attached hydrogens (primary N) is 1. The molecule has 0 bridgehead atoms. The Bertz CT molecular complexity index is 547. The molecule has 2 aromatic rings. The van der Waals surface area contributed by atoms with Gasteiger partial charge in [0.25, 0.3) is 0 Å². The van der Waals surface area contributed by atoms with Gasteiger partial charge in [0.05, 0.1) is 5.69 Å². The number of benzene rings is 1. The average molecular weight is 273 g/mol. The maximum absolute atomic E-state index is 11.8. The topological polar surface area (TPSA) is 85.8 Å². The molecule has 0 radical (unpaired) electrons. The first-order chi connectivity index (χ1) is 9.58. The first kappa shape index (κ1) is 14.2. The van der Waals surface area contributed by atoms with Gasteiger partial charge in [0.1, 0.15) is 12.7 Å². The van der Waals surface area contributed by atoms with E-state index in [1.54, 1.807) is 11.0 Å². The van der Waals surface area contributed by atoms with Crippen LogP contribution in [0.1, 0.15) is 19.4 Å². The number of rotatable bonds is 5. The number of nitrogens with one attached hydrogen (secondary N) is 1. The molecule has 3 N–H and O–H groups in total. The number of nitrogens with zero attached hydrogens (tertiary/aromatic N) is 3. The zero-order chi connectivity index (χ0) is 14.5. The van der Waals surface area contributed by atoms with Gasteiger partial charge in [-0.15, -0.1) is 0 Å². The first-order valence-corrected chi connectivity index (χ1v) is 6.55. The summed E-state index contributed by atoms with van der Waals surface area (Å²) in [6, 6.07) is 7.63. The third-order valence-corrected chi connectivity index (χ3v) is 3.29. The van der Waals surface area contributed by atoms with Gasteiger partial charge in [0.2, 0.25) is 5.91 Å². The molecular weight excluding hydrogens is 254 g/mol. The van der Waals surface area contributed by atoms with Crippen molar-refractivity contribution in [1.29, 1.82) is 0 Å². The Kier molecular flexibility index (Phi) is 4.47. The van der Waals surface area contributed by atoms with Gasteiger partial charge in [-0.05, 0) is 24.6 Å². The second-order valence-electron chi connectivity index (χ2n) is 4.87. The number of carbonyl (C=O) groups excluding carboxylic acids is 1. The van der Waals surface area contributed by atoms with Gasteiger partial charge < -0.3 is 11.1 Å². The quantitative estimate of drug-likeness (QED) is 0.846. The molecule has 0 saturated heterocycles. The van der Waals surface area contributed by atoms with Gasteiger partial charge in [0.15, 0.2) is 0 Å². The fraction of sp³-hybridized carbons (Fsp3) is 0.357.